The predicted molar refractivity (Wildman–Crippen MR) is 124 cm³/mol. The van der Waals surface area contributed by atoms with Crippen molar-refractivity contribution in [3.8, 4) is 11.5 Å². The van der Waals surface area contributed by atoms with Crippen molar-refractivity contribution < 1.29 is 9.21 Å². The standard InChI is InChI=1S/C26H29N3O2/c30-25(20-14-16-29(17-15-20)18-19-6-2-1-3-7-19)27-22-12-10-21(11-13-22)26-28-23-8-4-5-9-24(23)31-26/h1-2,4-5,8-13,19-20H,3,6-7,14-18H2,(H,27,30). The van der Waals surface area contributed by atoms with Crippen LogP contribution in [0.3, 0.4) is 0 Å². The van der Waals surface area contributed by atoms with E-state index in [9.17, 15) is 4.79 Å². The van der Waals surface area contributed by atoms with Gasteiger partial charge in [0.2, 0.25) is 11.8 Å². The third-order valence-corrected chi connectivity index (χ3v) is 6.55. The third kappa shape index (κ3) is 4.72. The first-order valence-corrected chi connectivity index (χ1v) is 11.4. The van der Waals surface area contributed by atoms with Crippen molar-refractivity contribution in [3.05, 3.63) is 60.7 Å². The van der Waals surface area contributed by atoms with Crippen LogP contribution in [0.25, 0.3) is 22.6 Å². The van der Waals surface area contributed by atoms with Gasteiger partial charge < -0.3 is 14.6 Å². The summed E-state index contributed by atoms with van der Waals surface area (Å²) in [6.45, 7) is 3.22. The SMILES string of the molecule is O=C(Nc1ccc(-c2nc3ccccc3o2)cc1)C1CCN(CC2CC=CCC2)CC1. The van der Waals surface area contributed by atoms with Crippen molar-refractivity contribution in [2.24, 2.45) is 11.8 Å². The Morgan fingerprint density at radius 3 is 2.58 bits per heavy atom. The molecule has 1 aliphatic heterocycles. The monoisotopic (exact) mass is 415 g/mol. The molecule has 160 valence electrons. The second-order valence-corrected chi connectivity index (χ2v) is 8.78. The molecular formula is C26H29N3O2. The molecule has 3 aromatic rings. The second-order valence-electron chi connectivity index (χ2n) is 8.78. The number of carbonyl (C=O) groups is 1. The fraction of sp³-hybridized carbons (Fsp3) is 0.385. The number of nitrogens with one attached hydrogen (secondary N) is 1. The number of oxazole rings is 1. The zero-order valence-corrected chi connectivity index (χ0v) is 17.8. The van der Waals surface area contributed by atoms with Crippen molar-refractivity contribution in [1.82, 2.24) is 9.88 Å². The van der Waals surface area contributed by atoms with Gasteiger partial charge in [-0.2, -0.15) is 0 Å². The van der Waals surface area contributed by atoms with Crippen LogP contribution in [-0.2, 0) is 4.79 Å². The molecule has 1 unspecified atom stereocenters. The van der Waals surface area contributed by atoms with Crippen molar-refractivity contribution in [2.45, 2.75) is 32.1 Å². The maximum atomic E-state index is 12.8. The second kappa shape index (κ2) is 9.06. The Bertz CT molecular complexity index is 1030. The molecular weight excluding hydrogens is 386 g/mol. The van der Waals surface area contributed by atoms with Gasteiger partial charge in [-0.1, -0.05) is 24.3 Å². The molecule has 5 heteroatoms. The molecule has 1 saturated heterocycles. The van der Waals surface area contributed by atoms with Gasteiger partial charge >= 0.3 is 0 Å². The molecule has 1 N–H and O–H groups in total. The molecule has 2 heterocycles. The Morgan fingerprint density at radius 2 is 1.84 bits per heavy atom. The molecule has 0 radical (unpaired) electrons. The summed E-state index contributed by atoms with van der Waals surface area (Å²) >= 11 is 0. The number of benzene rings is 2. The van der Waals surface area contributed by atoms with Crippen LogP contribution < -0.4 is 5.32 Å². The number of piperidine rings is 1. The molecule has 5 nitrogen and oxygen atoms in total. The zero-order valence-electron chi connectivity index (χ0n) is 17.8. The highest BCUT2D eigenvalue weighted by atomic mass is 16.3. The van der Waals surface area contributed by atoms with Gasteiger partial charge in [-0.3, -0.25) is 4.79 Å². The molecule has 5 rings (SSSR count). The van der Waals surface area contributed by atoms with Crippen molar-refractivity contribution in [1.29, 1.82) is 0 Å². The van der Waals surface area contributed by atoms with E-state index in [-0.39, 0.29) is 11.8 Å². The minimum Gasteiger partial charge on any atom is -0.436 e. The highest BCUT2D eigenvalue weighted by Gasteiger charge is 2.26. The summed E-state index contributed by atoms with van der Waals surface area (Å²) in [6, 6.07) is 15.5. The van der Waals surface area contributed by atoms with E-state index in [1.807, 2.05) is 48.5 Å². The van der Waals surface area contributed by atoms with Crippen LogP contribution in [0.5, 0.6) is 0 Å². The zero-order chi connectivity index (χ0) is 21.0. The topological polar surface area (TPSA) is 58.4 Å². The normalized spacial score (nSPS) is 20.2. The molecule has 2 aromatic carbocycles. The lowest BCUT2D eigenvalue weighted by Gasteiger charge is -2.34. The maximum absolute atomic E-state index is 12.8. The van der Waals surface area contributed by atoms with Crippen LogP contribution in [-0.4, -0.2) is 35.4 Å². The highest BCUT2D eigenvalue weighted by Crippen LogP contribution is 2.27. The lowest BCUT2D eigenvalue weighted by atomic mass is 9.91. The van der Waals surface area contributed by atoms with Gasteiger partial charge in [0.15, 0.2) is 5.58 Å². The van der Waals surface area contributed by atoms with E-state index in [1.54, 1.807) is 0 Å². The molecule has 1 aliphatic carbocycles. The van der Waals surface area contributed by atoms with Crippen LogP contribution in [0.15, 0.2) is 65.1 Å². The number of nitrogens with zero attached hydrogens (tertiary/aromatic N) is 2. The summed E-state index contributed by atoms with van der Waals surface area (Å²) in [4.78, 5) is 19.8. The Morgan fingerprint density at radius 1 is 1.03 bits per heavy atom. The molecule has 1 aromatic heterocycles. The minimum atomic E-state index is 0.0965. The number of para-hydroxylation sites is 2. The smallest absolute Gasteiger partial charge is 0.227 e. The van der Waals surface area contributed by atoms with Crippen molar-refractivity contribution >= 4 is 22.7 Å². The first kappa shape index (κ1) is 20.0. The summed E-state index contributed by atoms with van der Waals surface area (Å²) in [6.07, 6.45) is 10.2. The molecule has 1 amide bonds. The van der Waals surface area contributed by atoms with E-state index in [0.717, 1.165) is 54.2 Å². The minimum absolute atomic E-state index is 0.0965. The number of hydrogen-bond donors (Lipinski definition) is 1. The van der Waals surface area contributed by atoms with E-state index in [2.05, 4.69) is 27.4 Å². The van der Waals surface area contributed by atoms with E-state index in [0.29, 0.717) is 5.89 Å². The molecule has 31 heavy (non-hydrogen) atoms. The van der Waals surface area contributed by atoms with E-state index in [4.69, 9.17) is 4.42 Å². The van der Waals surface area contributed by atoms with Crippen LogP contribution in [0.1, 0.15) is 32.1 Å². The number of anilines is 1. The summed E-state index contributed by atoms with van der Waals surface area (Å²) in [5.74, 6) is 1.61. The first-order chi connectivity index (χ1) is 15.2. The third-order valence-electron chi connectivity index (χ3n) is 6.55. The van der Waals surface area contributed by atoms with Crippen LogP contribution in [0.4, 0.5) is 5.69 Å². The Labute approximate surface area is 183 Å². The average molecular weight is 416 g/mol. The molecule has 0 spiro atoms. The Balaban J connectivity index is 1.14. The van der Waals surface area contributed by atoms with Gasteiger partial charge in [0.25, 0.3) is 0 Å². The van der Waals surface area contributed by atoms with Crippen LogP contribution in [0.2, 0.25) is 0 Å². The largest absolute Gasteiger partial charge is 0.436 e. The number of amides is 1. The molecule has 2 aliphatic rings. The van der Waals surface area contributed by atoms with Crippen LogP contribution in [0, 0.1) is 11.8 Å². The fourth-order valence-corrected chi connectivity index (χ4v) is 4.70. The molecule has 1 atom stereocenters. The lowest BCUT2D eigenvalue weighted by Crippen LogP contribution is -2.40. The Hall–Kier alpha value is -2.92. The van der Waals surface area contributed by atoms with Crippen LogP contribution >= 0.6 is 0 Å². The van der Waals surface area contributed by atoms with Gasteiger partial charge in [-0.15, -0.1) is 0 Å². The summed E-state index contributed by atoms with van der Waals surface area (Å²) in [5.41, 5.74) is 3.35. The van der Waals surface area contributed by atoms with Gasteiger partial charge in [0, 0.05) is 23.7 Å². The van der Waals surface area contributed by atoms with Gasteiger partial charge in [-0.25, -0.2) is 4.98 Å². The molecule has 0 saturated carbocycles. The number of allylic oxidation sites excluding steroid dienone is 2. The van der Waals surface area contributed by atoms with Crippen molar-refractivity contribution in [2.75, 3.05) is 25.0 Å². The summed E-state index contributed by atoms with van der Waals surface area (Å²) in [7, 11) is 0. The van der Waals surface area contributed by atoms with Gasteiger partial charge in [0.05, 0.1) is 0 Å². The van der Waals surface area contributed by atoms with Crippen molar-refractivity contribution in [3.63, 3.8) is 0 Å². The fourth-order valence-electron chi connectivity index (χ4n) is 4.70. The maximum Gasteiger partial charge on any atom is 0.227 e. The Kier molecular flexibility index (Phi) is 5.85. The van der Waals surface area contributed by atoms with Gasteiger partial charge in [-0.05, 0) is 87.5 Å². The number of rotatable bonds is 5. The quantitative estimate of drug-likeness (QED) is 0.559. The predicted octanol–water partition coefficient (Wildman–Crippen LogP) is 5.50. The molecule has 0 bridgehead atoms. The number of hydrogen-bond acceptors (Lipinski definition) is 4. The highest BCUT2D eigenvalue weighted by molar-refractivity contribution is 5.92. The first-order valence-electron chi connectivity index (χ1n) is 11.4. The van der Waals surface area contributed by atoms with E-state index >= 15 is 0 Å². The number of aromatic nitrogens is 1. The average Bonchev–Trinajstić information content (AvgIpc) is 3.25. The number of carbonyl (C=O) groups excluding carboxylic acids is 1. The van der Waals surface area contributed by atoms with E-state index < -0.39 is 0 Å². The number of likely N-dealkylation sites (tertiary alicyclic amines) is 1. The summed E-state index contributed by atoms with van der Waals surface area (Å²) < 4.78 is 5.83. The number of fused-ring (bicyclic) bond motifs is 1. The lowest BCUT2D eigenvalue weighted by molar-refractivity contribution is -0.121. The summed E-state index contributed by atoms with van der Waals surface area (Å²) in [5, 5.41) is 3.10. The molecule has 1 fully saturated rings. The van der Waals surface area contributed by atoms with E-state index in [1.165, 1.54) is 25.8 Å². The van der Waals surface area contributed by atoms with Gasteiger partial charge in [0.1, 0.15) is 5.52 Å².